The van der Waals surface area contributed by atoms with Crippen molar-refractivity contribution in [2.75, 3.05) is 40.4 Å². The fourth-order valence-corrected chi connectivity index (χ4v) is 5.59. The highest BCUT2D eigenvalue weighted by Crippen LogP contribution is 2.31. The van der Waals surface area contributed by atoms with E-state index in [-0.39, 0.29) is 23.9 Å². The van der Waals surface area contributed by atoms with E-state index in [0.717, 1.165) is 10.9 Å². The number of fused-ring (bicyclic) bond motifs is 1. The Bertz CT molecular complexity index is 1240. The standard InChI is InChI=1S/C23H27N3O5S/c1-4-26-19-8-6-5-7-17(19)15-20(26)23(27)24-11-13-25(14-12-24)32(28,29)18-9-10-21(30-2)22(16-18)31-3/h5-10,15-16H,4,11-14H2,1-3H3. The predicted molar refractivity (Wildman–Crippen MR) is 122 cm³/mol. The van der Waals surface area contributed by atoms with Crippen LogP contribution in [0.1, 0.15) is 17.4 Å². The van der Waals surface area contributed by atoms with E-state index in [4.69, 9.17) is 9.47 Å². The van der Waals surface area contributed by atoms with E-state index in [1.54, 1.807) is 11.0 Å². The molecule has 0 spiro atoms. The van der Waals surface area contributed by atoms with Crippen LogP contribution in [0.3, 0.4) is 0 Å². The third kappa shape index (κ3) is 3.82. The van der Waals surface area contributed by atoms with Crippen LogP contribution in [0.15, 0.2) is 53.4 Å². The van der Waals surface area contributed by atoms with Crippen LogP contribution in [0, 0.1) is 0 Å². The second-order valence-electron chi connectivity index (χ2n) is 7.55. The molecule has 1 aliphatic heterocycles. The van der Waals surface area contributed by atoms with Crippen molar-refractivity contribution < 1.29 is 22.7 Å². The summed E-state index contributed by atoms with van der Waals surface area (Å²) in [5, 5.41) is 1.02. The molecule has 0 aliphatic carbocycles. The van der Waals surface area contributed by atoms with E-state index >= 15 is 0 Å². The van der Waals surface area contributed by atoms with Gasteiger partial charge < -0.3 is 18.9 Å². The number of aryl methyl sites for hydroxylation is 1. The Labute approximate surface area is 188 Å². The lowest BCUT2D eigenvalue weighted by atomic mass is 10.2. The fourth-order valence-electron chi connectivity index (χ4n) is 4.15. The average molecular weight is 458 g/mol. The van der Waals surface area contributed by atoms with E-state index in [1.165, 1.54) is 30.7 Å². The van der Waals surface area contributed by atoms with Crippen molar-refractivity contribution in [1.29, 1.82) is 0 Å². The first-order chi connectivity index (χ1) is 15.4. The maximum atomic E-state index is 13.2. The highest BCUT2D eigenvalue weighted by molar-refractivity contribution is 7.89. The lowest BCUT2D eigenvalue weighted by Gasteiger charge is -2.34. The number of carbonyl (C=O) groups excluding carboxylic acids is 1. The second-order valence-corrected chi connectivity index (χ2v) is 9.48. The molecule has 0 N–H and O–H groups in total. The van der Waals surface area contributed by atoms with Crippen LogP contribution < -0.4 is 9.47 Å². The quantitative estimate of drug-likeness (QED) is 0.569. The van der Waals surface area contributed by atoms with Crippen molar-refractivity contribution in [1.82, 2.24) is 13.8 Å². The van der Waals surface area contributed by atoms with Crippen molar-refractivity contribution in [3.8, 4) is 11.5 Å². The zero-order chi connectivity index (χ0) is 22.9. The molecule has 8 nitrogen and oxygen atoms in total. The van der Waals surface area contributed by atoms with Gasteiger partial charge in [-0.25, -0.2) is 8.42 Å². The number of amides is 1. The van der Waals surface area contributed by atoms with E-state index in [2.05, 4.69) is 0 Å². The van der Waals surface area contributed by atoms with Crippen molar-refractivity contribution >= 4 is 26.8 Å². The van der Waals surface area contributed by atoms with Crippen LogP contribution in [-0.4, -0.2) is 68.5 Å². The molecule has 2 heterocycles. The number of piperazine rings is 1. The third-order valence-corrected chi connectivity index (χ3v) is 7.76. The number of methoxy groups -OCH3 is 2. The molecule has 1 saturated heterocycles. The molecule has 170 valence electrons. The number of para-hydroxylation sites is 1. The Hall–Kier alpha value is -3.04. The third-order valence-electron chi connectivity index (χ3n) is 5.86. The molecule has 4 rings (SSSR count). The number of carbonyl (C=O) groups is 1. The number of hydrogen-bond acceptors (Lipinski definition) is 5. The summed E-state index contributed by atoms with van der Waals surface area (Å²) in [5.74, 6) is 0.745. The number of rotatable bonds is 6. The Morgan fingerprint density at radius 3 is 2.28 bits per heavy atom. The summed E-state index contributed by atoms with van der Waals surface area (Å²) in [6.07, 6.45) is 0. The van der Waals surface area contributed by atoms with Crippen LogP contribution in [0.4, 0.5) is 0 Å². The molecule has 1 aromatic heterocycles. The topological polar surface area (TPSA) is 81.1 Å². The van der Waals surface area contributed by atoms with Gasteiger partial charge in [-0.05, 0) is 31.2 Å². The number of aromatic nitrogens is 1. The molecular formula is C23H27N3O5S. The molecule has 3 aromatic rings. The summed E-state index contributed by atoms with van der Waals surface area (Å²) in [7, 11) is -0.745. The first kappa shape index (κ1) is 22.2. The molecule has 1 amide bonds. The smallest absolute Gasteiger partial charge is 0.270 e. The summed E-state index contributed by atoms with van der Waals surface area (Å²) in [4.78, 5) is 15.1. The molecular weight excluding hydrogens is 430 g/mol. The highest BCUT2D eigenvalue weighted by atomic mass is 32.2. The van der Waals surface area contributed by atoms with E-state index < -0.39 is 10.0 Å². The van der Waals surface area contributed by atoms with Gasteiger partial charge >= 0.3 is 0 Å². The molecule has 2 aromatic carbocycles. The van der Waals surface area contributed by atoms with Crippen LogP contribution in [0.2, 0.25) is 0 Å². The fraction of sp³-hybridized carbons (Fsp3) is 0.348. The van der Waals surface area contributed by atoms with Gasteiger partial charge in [0.25, 0.3) is 5.91 Å². The van der Waals surface area contributed by atoms with Crippen LogP contribution in [0.25, 0.3) is 10.9 Å². The predicted octanol–water partition coefficient (Wildman–Crippen LogP) is 2.83. The van der Waals surface area contributed by atoms with Gasteiger partial charge in [0.2, 0.25) is 10.0 Å². The first-order valence-electron chi connectivity index (χ1n) is 10.5. The molecule has 32 heavy (non-hydrogen) atoms. The molecule has 0 radical (unpaired) electrons. The van der Waals surface area contributed by atoms with Crippen LogP contribution in [0.5, 0.6) is 11.5 Å². The molecule has 0 unspecified atom stereocenters. The van der Waals surface area contributed by atoms with Crippen molar-refractivity contribution in [3.63, 3.8) is 0 Å². The zero-order valence-corrected chi connectivity index (χ0v) is 19.3. The Morgan fingerprint density at radius 1 is 0.938 bits per heavy atom. The Kier molecular flexibility index (Phi) is 6.12. The minimum absolute atomic E-state index is 0.0776. The van der Waals surface area contributed by atoms with E-state index in [0.29, 0.717) is 36.8 Å². The zero-order valence-electron chi connectivity index (χ0n) is 18.4. The van der Waals surface area contributed by atoms with Gasteiger partial charge in [0.05, 0.1) is 19.1 Å². The summed E-state index contributed by atoms with van der Waals surface area (Å²) in [5.41, 5.74) is 1.65. The highest BCUT2D eigenvalue weighted by Gasteiger charge is 2.32. The van der Waals surface area contributed by atoms with Crippen LogP contribution in [-0.2, 0) is 16.6 Å². The summed E-state index contributed by atoms with van der Waals surface area (Å²) in [6, 6.07) is 14.4. The molecule has 0 saturated carbocycles. The van der Waals surface area contributed by atoms with Crippen LogP contribution >= 0.6 is 0 Å². The molecule has 1 aliphatic rings. The Morgan fingerprint density at radius 2 is 1.62 bits per heavy atom. The summed E-state index contributed by atoms with van der Waals surface area (Å²) in [6.45, 7) is 3.82. The van der Waals surface area contributed by atoms with Gasteiger partial charge in [0, 0.05) is 49.7 Å². The van der Waals surface area contributed by atoms with Gasteiger partial charge in [-0.2, -0.15) is 4.31 Å². The van der Waals surface area contributed by atoms with Crippen molar-refractivity contribution in [2.24, 2.45) is 0 Å². The number of ether oxygens (including phenoxy) is 2. The normalized spacial score (nSPS) is 15.2. The lowest BCUT2D eigenvalue weighted by molar-refractivity contribution is 0.0687. The largest absolute Gasteiger partial charge is 0.493 e. The van der Waals surface area contributed by atoms with Gasteiger partial charge in [0.1, 0.15) is 5.69 Å². The number of nitrogens with zero attached hydrogens (tertiary/aromatic N) is 3. The van der Waals surface area contributed by atoms with Gasteiger partial charge in [-0.1, -0.05) is 18.2 Å². The average Bonchev–Trinajstić information content (AvgIpc) is 3.21. The minimum atomic E-state index is -3.71. The Balaban J connectivity index is 1.51. The first-order valence-corrected chi connectivity index (χ1v) is 11.9. The maximum absolute atomic E-state index is 13.2. The van der Waals surface area contributed by atoms with Crippen molar-refractivity contribution in [3.05, 3.63) is 54.2 Å². The van der Waals surface area contributed by atoms with Gasteiger partial charge in [0.15, 0.2) is 11.5 Å². The lowest BCUT2D eigenvalue weighted by Crippen LogP contribution is -2.50. The molecule has 9 heteroatoms. The molecule has 0 bridgehead atoms. The monoisotopic (exact) mass is 457 g/mol. The molecule has 1 fully saturated rings. The summed E-state index contributed by atoms with van der Waals surface area (Å²) >= 11 is 0. The maximum Gasteiger partial charge on any atom is 0.270 e. The van der Waals surface area contributed by atoms with Gasteiger partial charge in [-0.3, -0.25) is 4.79 Å². The van der Waals surface area contributed by atoms with Crippen molar-refractivity contribution in [2.45, 2.75) is 18.4 Å². The van der Waals surface area contributed by atoms with E-state index in [1.807, 2.05) is 41.8 Å². The SMILES string of the molecule is CCn1c(C(=O)N2CCN(S(=O)(=O)c3ccc(OC)c(OC)c3)CC2)cc2ccccc21. The minimum Gasteiger partial charge on any atom is -0.493 e. The van der Waals surface area contributed by atoms with E-state index in [9.17, 15) is 13.2 Å². The summed E-state index contributed by atoms with van der Waals surface area (Å²) < 4.78 is 40.1. The van der Waals surface area contributed by atoms with Gasteiger partial charge in [-0.15, -0.1) is 0 Å². The second kappa shape index (κ2) is 8.84. The number of benzene rings is 2. The number of hydrogen-bond donors (Lipinski definition) is 0. The number of sulfonamides is 1. The molecule has 0 atom stereocenters.